The smallest absolute Gasteiger partial charge is 0.252 e. The summed E-state index contributed by atoms with van der Waals surface area (Å²) in [6.07, 6.45) is 6.16. The van der Waals surface area contributed by atoms with Crippen molar-refractivity contribution in [1.29, 1.82) is 0 Å². The molecule has 0 aromatic carbocycles. The van der Waals surface area contributed by atoms with Gasteiger partial charge in [0.15, 0.2) is 5.65 Å². The Morgan fingerprint density at radius 2 is 2.13 bits per heavy atom. The van der Waals surface area contributed by atoms with Crippen LogP contribution in [-0.4, -0.2) is 26.7 Å². The van der Waals surface area contributed by atoms with Crippen LogP contribution < -0.4 is 5.32 Å². The molecule has 2 heterocycles. The number of aryl methyl sites for hydroxylation is 2. The van der Waals surface area contributed by atoms with Gasteiger partial charge in [-0.3, -0.25) is 9.48 Å². The second kappa shape index (κ2) is 4.56. The molecule has 23 heavy (non-hydrogen) atoms. The van der Waals surface area contributed by atoms with Crippen LogP contribution in [0.25, 0.3) is 11.0 Å². The maximum atomic E-state index is 12.9. The summed E-state index contributed by atoms with van der Waals surface area (Å²) in [6, 6.07) is 2.40. The van der Waals surface area contributed by atoms with E-state index in [0.717, 1.165) is 46.2 Å². The minimum Gasteiger partial charge on any atom is -0.349 e. The molecule has 0 radical (unpaired) electrons. The predicted molar refractivity (Wildman–Crippen MR) is 87.3 cm³/mol. The highest BCUT2D eigenvalue weighted by molar-refractivity contribution is 6.06. The van der Waals surface area contributed by atoms with Gasteiger partial charge in [-0.25, -0.2) is 4.98 Å². The van der Waals surface area contributed by atoms with E-state index in [-0.39, 0.29) is 5.91 Å². The van der Waals surface area contributed by atoms with Crippen molar-refractivity contribution < 1.29 is 4.79 Å². The molecule has 3 aliphatic rings. The quantitative estimate of drug-likeness (QED) is 0.948. The van der Waals surface area contributed by atoms with Gasteiger partial charge in [0.1, 0.15) is 0 Å². The lowest BCUT2D eigenvalue weighted by atomic mass is 9.56. The van der Waals surface area contributed by atoms with E-state index in [2.05, 4.69) is 10.4 Å². The molecule has 1 amide bonds. The fourth-order valence-corrected chi connectivity index (χ4v) is 4.37. The van der Waals surface area contributed by atoms with Crippen molar-refractivity contribution in [3.8, 4) is 0 Å². The SMILES string of the molecule is Cc1nn(C)c2nc(C3CC3)cc(C(=O)NC3CC4CCC43)c12. The van der Waals surface area contributed by atoms with Crippen LogP contribution in [-0.2, 0) is 7.05 Å². The zero-order chi connectivity index (χ0) is 15.7. The summed E-state index contributed by atoms with van der Waals surface area (Å²) in [7, 11) is 1.91. The van der Waals surface area contributed by atoms with E-state index < -0.39 is 0 Å². The zero-order valence-corrected chi connectivity index (χ0v) is 13.7. The van der Waals surface area contributed by atoms with Gasteiger partial charge < -0.3 is 5.32 Å². The Morgan fingerprint density at radius 1 is 1.30 bits per heavy atom. The largest absolute Gasteiger partial charge is 0.349 e. The summed E-state index contributed by atoms with van der Waals surface area (Å²) in [5.41, 5.74) is 3.55. The number of carbonyl (C=O) groups is 1. The number of carbonyl (C=O) groups excluding carboxylic acids is 1. The molecule has 5 nitrogen and oxygen atoms in total. The molecule has 0 bridgehead atoms. The van der Waals surface area contributed by atoms with Crippen LogP contribution in [0.15, 0.2) is 6.07 Å². The molecule has 3 fully saturated rings. The van der Waals surface area contributed by atoms with Gasteiger partial charge in [-0.05, 0) is 56.9 Å². The molecule has 5 heteroatoms. The fraction of sp³-hybridized carbons (Fsp3) is 0.611. The number of fused-ring (bicyclic) bond motifs is 2. The number of rotatable bonds is 3. The fourth-order valence-electron chi connectivity index (χ4n) is 4.37. The summed E-state index contributed by atoms with van der Waals surface area (Å²) in [5.74, 6) is 2.20. The van der Waals surface area contributed by atoms with Crippen molar-refractivity contribution in [1.82, 2.24) is 20.1 Å². The lowest BCUT2D eigenvalue weighted by molar-refractivity contribution is 0.00668. The Balaban J connectivity index is 1.54. The zero-order valence-electron chi connectivity index (χ0n) is 13.7. The van der Waals surface area contributed by atoms with E-state index in [1.807, 2.05) is 20.0 Å². The summed E-state index contributed by atoms with van der Waals surface area (Å²) in [5, 5.41) is 8.67. The third-order valence-electron chi connectivity index (χ3n) is 6.10. The van der Waals surface area contributed by atoms with Crippen molar-refractivity contribution in [2.24, 2.45) is 18.9 Å². The maximum absolute atomic E-state index is 12.9. The predicted octanol–water partition coefficient (Wildman–Crippen LogP) is 2.68. The van der Waals surface area contributed by atoms with E-state index in [0.29, 0.717) is 12.0 Å². The van der Waals surface area contributed by atoms with Crippen LogP contribution >= 0.6 is 0 Å². The van der Waals surface area contributed by atoms with Crippen LogP contribution in [0, 0.1) is 18.8 Å². The average molecular weight is 310 g/mol. The number of nitrogens with one attached hydrogen (secondary N) is 1. The van der Waals surface area contributed by atoms with Crippen molar-refractivity contribution in [3.05, 3.63) is 23.0 Å². The Hall–Kier alpha value is -1.91. The van der Waals surface area contributed by atoms with Gasteiger partial charge in [-0.2, -0.15) is 5.10 Å². The number of nitrogens with zero attached hydrogens (tertiary/aromatic N) is 3. The molecule has 0 saturated heterocycles. The van der Waals surface area contributed by atoms with Gasteiger partial charge in [-0.15, -0.1) is 0 Å². The minimum absolute atomic E-state index is 0.0609. The van der Waals surface area contributed by atoms with Crippen molar-refractivity contribution >= 4 is 16.9 Å². The molecular formula is C18H22N4O. The van der Waals surface area contributed by atoms with E-state index >= 15 is 0 Å². The summed E-state index contributed by atoms with van der Waals surface area (Å²) in [6.45, 7) is 1.96. The monoisotopic (exact) mass is 310 g/mol. The van der Waals surface area contributed by atoms with Crippen LogP contribution in [0.4, 0.5) is 0 Å². The second-order valence-electron chi connectivity index (χ2n) is 7.59. The Bertz CT molecular complexity index is 820. The number of aromatic nitrogens is 3. The number of hydrogen-bond acceptors (Lipinski definition) is 3. The summed E-state index contributed by atoms with van der Waals surface area (Å²) >= 11 is 0. The molecule has 1 N–H and O–H groups in total. The van der Waals surface area contributed by atoms with E-state index in [4.69, 9.17) is 4.98 Å². The van der Waals surface area contributed by atoms with Gasteiger partial charge in [-0.1, -0.05) is 0 Å². The van der Waals surface area contributed by atoms with Gasteiger partial charge in [0.05, 0.1) is 16.6 Å². The van der Waals surface area contributed by atoms with Gasteiger partial charge in [0.25, 0.3) is 5.91 Å². The number of amides is 1. The molecule has 2 aromatic heterocycles. The topological polar surface area (TPSA) is 59.8 Å². The molecule has 2 aromatic rings. The van der Waals surface area contributed by atoms with Gasteiger partial charge in [0, 0.05) is 24.7 Å². The Kier molecular flexibility index (Phi) is 2.68. The normalized spacial score (nSPS) is 28.9. The number of pyridine rings is 1. The summed E-state index contributed by atoms with van der Waals surface area (Å²) in [4.78, 5) is 17.7. The maximum Gasteiger partial charge on any atom is 0.252 e. The third-order valence-corrected chi connectivity index (χ3v) is 6.10. The van der Waals surface area contributed by atoms with E-state index in [1.165, 1.54) is 25.7 Å². The van der Waals surface area contributed by atoms with Crippen LogP contribution in [0.5, 0.6) is 0 Å². The molecule has 3 unspecified atom stereocenters. The first-order valence-electron chi connectivity index (χ1n) is 8.77. The first-order chi connectivity index (χ1) is 11.1. The summed E-state index contributed by atoms with van der Waals surface area (Å²) < 4.78 is 1.80. The third kappa shape index (κ3) is 1.95. The highest BCUT2D eigenvalue weighted by atomic mass is 16.1. The van der Waals surface area contributed by atoms with Crippen LogP contribution in [0.1, 0.15) is 59.8 Å². The van der Waals surface area contributed by atoms with Crippen molar-refractivity contribution in [2.45, 2.75) is 51.0 Å². The molecule has 5 rings (SSSR count). The lowest BCUT2D eigenvalue weighted by Gasteiger charge is -2.53. The molecule has 120 valence electrons. The van der Waals surface area contributed by atoms with Gasteiger partial charge in [0.2, 0.25) is 0 Å². The highest BCUT2D eigenvalue weighted by Crippen LogP contribution is 2.50. The molecule has 0 spiro atoms. The highest BCUT2D eigenvalue weighted by Gasteiger charge is 2.47. The van der Waals surface area contributed by atoms with E-state index in [1.54, 1.807) is 4.68 Å². The first-order valence-corrected chi connectivity index (χ1v) is 8.77. The van der Waals surface area contributed by atoms with Crippen molar-refractivity contribution in [2.75, 3.05) is 0 Å². The first kappa shape index (κ1) is 13.5. The van der Waals surface area contributed by atoms with Crippen molar-refractivity contribution in [3.63, 3.8) is 0 Å². The molecule has 3 atom stereocenters. The molecule has 3 saturated carbocycles. The second-order valence-corrected chi connectivity index (χ2v) is 7.59. The number of hydrogen-bond donors (Lipinski definition) is 1. The molecular weight excluding hydrogens is 288 g/mol. The lowest BCUT2D eigenvalue weighted by Crippen LogP contribution is -2.57. The van der Waals surface area contributed by atoms with Crippen LogP contribution in [0.3, 0.4) is 0 Å². The molecule has 3 aliphatic carbocycles. The van der Waals surface area contributed by atoms with Gasteiger partial charge >= 0.3 is 0 Å². The van der Waals surface area contributed by atoms with E-state index in [9.17, 15) is 4.79 Å². The average Bonchev–Trinajstić information content (AvgIpc) is 3.31. The van der Waals surface area contributed by atoms with Crippen LogP contribution in [0.2, 0.25) is 0 Å². The Labute approximate surface area is 135 Å². The molecule has 0 aliphatic heterocycles. The minimum atomic E-state index is 0.0609. The standard InChI is InChI=1S/C18H22N4O/c1-9-16-13(18(23)20-15-7-11-5-6-12(11)15)8-14(10-3-4-10)19-17(16)22(2)21-9/h8,10-12,15H,3-7H2,1-2H3,(H,20,23). The Morgan fingerprint density at radius 3 is 2.74 bits per heavy atom.